The Bertz CT molecular complexity index is 402. The van der Waals surface area contributed by atoms with Crippen molar-refractivity contribution in [2.75, 3.05) is 6.54 Å². The lowest BCUT2D eigenvalue weighted by Gasteiger charge is -2.35. The van der Waals surface area contributed by atoms with E-state index in [1.54, 1.807) is 12.1 Å². The maximum absolute atomic E-state index is 10.8. The maximum atomic E-state index is 10.8. The molecule has 1 saturated heterocycles. The molecule has 1 aromatic rings. The van der Waals surface area contributed by atoms with Crippen molar-refractivity contribution >= 4 is 5.97 Å². The van der Waals surface area contributed by atoms with Gasteiger partial charge in [-0.05, 0) is 36.6 Å². The van der Waals surface area contributed by atoms with Crippen LogP contribution in [-0.4, -0.2) is 23.7 Å². The van der Waals surface area contributed by atoms with Gasteiger partial charge in [0.25, 0.3) is 0 Å². The summed E-state index contributed by atoms with van der Waals surface area (Å²) in [4.78, 5) is 10.8. The average Bonchev–Trinajstić information content (AvgIpc) is 2.33. The minimum absolute atomic E-state index is 0.0828. The van der Waals surface area contributed by atoms with Crippen molar-refractivity contribution in [3.63, 3.8) is 0 Å². The first-order valence-electron chi connectivity index (χ1n) is 5.92. The van der Waals surface area contributed by atoms with Gasteiger partial charge in [0.2, 0.25) is 0 Å². The highest BCUT2D eigenvalue weighted by atomic mass is 16.4. The largest absolute Gasteiger partial charge is 0.478 e. The standard InChI is InChI=1S/C13H18N2O2/c1-8-6-7-15-12(11(8)14)9-2-4-10(5-3-9)13(16)17/h2-5,8,11-12,15H,6-7,14H2,1H3,(H,16,17). The summed E-state index contributed by atoms with van der Waals surface area (Å²) < 4.78 is 0. The summed E-state index contributed by atoms with van der Waals surface area (Å²) in [6.45, 7) is 3.12. The van der Waals surface area contributed by atoms with Crippen LogP contribution in [-0.2, 0) is 0 Å². The Labute approximate surface area is 101 Å². The minimum Gasteiger partial charge on any atom is -0.478 e. The molecule has 1 fully saturated rings. The molecule has 92 valence electrons. The molecule has 3 unspecified atom stereocenters. The van der Waals surface area contributed by atoms with E-state index in [0.717, 1.165) is 18.5 Å². The quantitative estimate of drug-likeness (QED) is 0.722. The second-order valence-electron chi connectivity index (χ2n) is 4.70. The van der Waals surface area contributed by atoms with E-state index in [1.807, 2.05) is 12.1 Å². The van der Waals surface area contributed by atoms with Crippen LogP contribution in [0.2, 0.25) is 0 Å². The van der Waals surface area contributed by atoms with E-state index in [0.29, 0.717) is 11.5 Å². The fraction of sp³-hybridized carbons (Fsp3) is 0.462. The second kappa shape index (κ2) is 4.85. The predicted molar refractivity (Wildman–Crippen MR) is 65.9 cm³/mol. The molecule has 17 heavy (non-hydrogen) atoms. The number of nitrogens with one attached hydrogen (secondary N) is 1. The Kier molecular flexibility index (Phi) is 3.45. The third kappa shape index (κ3) is 2.48. The summed E-state index contributed by atoms with van der Waals surface area (Å²) in [6.07, 6.45) is 1.09. The fourth-order valence-electron chi connectivity index (χ4n) is 2.30. The highest BCUT2D eigenvalue weighted by Crippen LogP contribution is 2.26. The van der Waals surface area contributed by atoms with E-state index in [4.69, 9.17) is 10.8 Å². The lowest BCUT2D eigenvalue weighted by atomic mass is 9.85. The third-order valence-corrected chi connectivity index (χ3v) is 3.52. The van der Waals surface area contributed by atoms with Crippen LogP contribution in [0.25, 0.3) is 0 Å². The van der Waals surface area contributed by atoms with E-state index in [9.17, 15) is 4.79 Å². The molecular formula is C13H18N2O2. The van der Waals surface area contributed by atoms with Crippen LogP contribution in [0, 0.1) is 5.92 Å². The SMILES string of the molecule is CC1CCNC(c2ccc(C(=O)O)cc2)C1N. The summed E-state index contributed by atoms with van der Waals surface area (Å²) in [7, 11) is 0. The Balaban J connectivity index is 2.19. The normalized spacial score (nSPS) is 28.9. The molecule has 0 radical (unpaired) electrons. The molecule has 0 bridgehead atoms. The van der Waals surface area contributed by atoms with Gasteiger partial charge in [-0.25, -0.2) is 4.79 Å². The number of nitrogens with two attached hydrogens (primary N) is 1. The lowest BCUT2D eigenvalue weighted by Crippen LogP contribution is -2.47. The van der Waals surface area contributed by atoms with E-state index >= 15 is 0 Å². The van der Waals surface area contributed by atoms with E-state index in [-0.39, 0.29) is 12.1 Å². The molecule has 0 spiro atoms. The Morgan fingerprint density at radius 2 is 2.06 bits per heavy atom. The molecule has 3 atom stereocenters. The Hall–Kier alpha value is -1.39. The van der Waals surface area contributed by atoms with Crippen molar-refractivity contribution in [2.24, 2.45) is 11.7 Å². The summed E-state index contributed by atoms with van der Waals surface area (Å²) in [6, 6.07) is 7.16. The van der Waals surface area contributed by atoms with Crippen molar-refractivity contribution in [1.29, 1.82) is 0 Å². The number of carbonyl (C=O) groups is 1. The molecular weight excluding hydrogens is 216 g/mol. The van der Waals surface area contributed by atoms with Gasteiger partial charge in [0.15, 0.2) is 0 Å². The lowest BCUT2D eigenvalue weighted by molar-refractivity contribution is 0.0697. The summed E-state index contributed by atoms with van der Waals surface area (Å²) >= 11 is 0. The number of piperidine rings is 1. The highest BCUT2D eigenvalue weighted by Gasteiger charge is 2.28. The predicted octanol–water partition coefficient (Wildman–Crippen LogP) is 1.38. The number of hydrogen-bond donors (Lipinski definition) is 3. The molecule has 0 aliphatic carbocycles. The molecule has 1 aromatic carbocycles. The highest BCUT2D eigenvalue weighted by molar-refractivity contribution is 5.87. The number of benzene rings is 1. The van der Waals surface area contributed by atoms with Gasteiger partial charge in [0.1, 0.15) is 0 Å². The zero-order valence-corrected chi connectivity index (χ0v) is 9.89. The fourth-order valence-corrected chi connectivity index (χ4v) is 2.30. The molecule has 1 aliphatic heterocycles. The van der Waals surface area contributed by atoms with Gasteiger partial charge in [-0.15, -0.1) is 0 Å². The van der Waals surface area contributed by atoms with Crippen LogP contribution in [0.1, 0.15) is 35.3 Å². The van der Waals surface area contributed by atoms with Crippen molar-refractivity contribution in [1.82, 2.24) is 5.32 Å². The summed E-state index contributed by atoms with van der Waals surface area (Å²) in [5, 5.41) is 12.2. The first-order valence-corrected chi connectivity index (χ1v) is 5.92. The van der Waals surface area contributed by atoms with Crippen LogP contribution in [0.15, 0.2) is 24.3 Å². The van der Waals surface area contributed by atoms with Crippen LogP contribution >= 0.6 is 0 Å². The molecule has 4 nitrogen and oxygen atoms in total. The maximum Gasteiger partial charge on any atom is 0.335 e. The van der Waals surface area contributed by atoms with E-state index < -0.39 is 5.97 Å². The molecule has 0 aromatic heterocycles. The number of hydrogen-bond acceptors (Lipinski definition) is 3. The van der Waals surface area contributed by atoms with Gasteiger partial charge in [-0.2, -0.15) is 0 Å². The zero-order valence-electron chi connectivity index (χ0n) is 9.89. The number of carboxylic acid groups (broad SMARTS) is 1. The van der Waals surface area contributed by atoms with E-state index in [2.05, 4.69) is 12.2 Å². The van der Waals surface area contributed by atoms with Gasteiger partial charge >= 0.3 is 5.97 Å². The topological polar surface area (TPSA) is 75.3 Å². The third-order valence-electron chi connectivity index (χ3n) is 3.52. The number of carboxylic acids is 1. The summed E-state index contributed by atoms with van der Waals surface area (Å²) in [5.41, 5.74) is 7.55. The van der Waals surface area contributed by atoms with Crippen molar-refractivity contribution in [3.8, 4) is 0 Å². The summed E-state index contributed by atoms with van der Waals surface area (Å²) in [5.74, 6) is -0.411. The Morgan fingerprint density at radius 1 is 1.41 bits per heavy atom. The van der Waals surface area contributed by atoms with Crippen LogP contribution in [0.3, 0.4) is 0 Å². The van der Waals surface area contributed by atoms with Crippen LogP contribution in [0.4, 0.5) is 0 Å². The van der Waals surface area contributed by atoms with E-state index in [1.165, 1.54) is 0 Å². The minimum atomic E-state index is -0.897. The first kappa shape index (κ1) is 12.1. The molecule has 0 amide bonds. The van der Waals surface area contributed by atoms with Crippen molar-refractivity contribution < 1.29 is 9.90 Å². The second-order valence-corrected chi connectivity index (χ2v) is 4.70. The molecule has 4 N–H and O–H groups in total. The van der Waals surface area contributed by atoms with Crippen molar-refractivity contribution in [3.05, 3.63) is 35.4 Å². The zero-order chi connectivity index (χ0) is 12.4. The van der Waals surface area contributed by atoms with Crippen LogP contribution in [0.5, 0.6) is 0 Å². The van der Waals surface area contributed by atoms with Gasteiger partial charge < -0.3 is 16.2 Å². The smallest absolute Gasteiger partial charge is 0.335 e. The molecule has 1 aliphatic rings. The molecule has 1 heterocycles. The molecule has 2 rings (SSSR count). The first-order chi connectivity index (χ1) is 8.09. The van der Waals surface area contributed by atoms with Gasteiger partial charge in [0.05, 0.1) is 5.56 Å². The molecule has 4 heteroatoms. The van der Waals surface area contributed by atoms with Crippen molar-refractivity contribution in [2.45, 2.75) is 25.4 Å². The van der Waals surface area contributed by atoms with Gasteiger partial charge in [0, 0.05) is 12.1 Å². The monoisotopic (exact) mass is 234 g/mol. The van der Waals surface area contributed by atoms with Crippen LogP contribution < -0.4 is 11.1 Å². The molecule has 0 saturated carbocycles. The average molecular weight is 234 g/mol. The Morgan fingerprint density at radius 3 is 2.65 bits per heavy atom. The van der Waals surface area contributed by atoms with Gasteiger partial charge in [-0.3, -0.25) is 0 Å². The number of rotatable bonds is 2. The van der Waals surface area contributed by atoms with Gasteiger partial charge in [-0.1, -0.05) is 19.1 Å². The number of aromatic carboxylic acids is 1.